The van der Waals surface area contributed by atoms with E-state index in [0.29, 0.717) is 17.2 Å². The van der Waals surface area contributed by atoms with Crippen LogP contribution in [0.5, 0.6) is 11.5 Å². The lowest BCUT2D eigenvalue weighted by Crippen LogP contribution is -2.18. The number of anilines is 1. The Morgan fingerprint density at radius 2 is 1.63 bits per heavy atom. The van der Waals surface area contributed by atoms with Gasteiger partial charge in [0.25, 0.3) is 11.8 Å². The highest BCUT2D eigenvalue weighted by molar-refractivity contribution is 6.03. The molecule has 7 heteroatoms. The van der Waals surface area contributed by atoms with Crippen LogP contribution in [-0.2, 0) is 5.41 Å². The van der Waals surface area contributed by atoms with E-state index in [1.54, 1.807) is 31.4 Å². The third-order valence-corrected chi connectivity index (χ3v) is 5.53. The predicted molar refractivity (Wildman–Crippen MR) is 137 cm³/mol. The van der Waals surface area contributed by atoms with Crippen molar-refractivity contribution in [2.75, 3.05) is 12.4 Å². The molecule has 3 N–H and O–H groups in total. The second-order valence-electron chi connectivity index (χ2n) is 9.17. The third kappa shape index (κ3) is 5.76. The van der Waals surface area contributed by atoms with Gasteiger partial charge in [0.1, 0.15) is 22.9 Å². The Morgan fingerprint density at radius 1 is 0.886 bits per heavy atom. The zero-order chi connectivity index (χ0) is 25.0. The molecule has 0 saturated carbocycles. The molecule has 2 aromatic heterocycles. The first-order valence-electron chi connectivity index (χ1n) is 11.3. The van der Waals surface area contributed by atoms with Crippen molar-refractivity contribution in [1.82, 2.24) is 15.3 Å². The molecule has 2 aromatic carbocycles. The SMILES string of the molecule is CNC(=O)c1cc(Oc2cccc(-c3c[nH]c(C(=O)Nc4ccc(C(C)(C)C)cc4)c3)c2)ccn1. The van der Waals surface area contributed by atoms with Gasteiger partial charge in [-0.3, -0.25) is 14.6 Å². The number of aromatic amines is 1. The largest absolute Gasteiger partial charge is 0.457 e. The number of aromatic nitrogens is 2. The topological polar surface area (TPSA) is 96.1 Å². The molecule has 0 saturated heterocycles. The molecule has 0 atom stereocenters. The number of ether oxygens (including phenoxy) is 1. The summed E-state index contributed by atoms with van der Waals surface area (Å²) in [6, 6.07) is 20.5. The molecule has 0 aliphatic carbocycles. The van der Waals surface area contributed by atoms with Crippen molar-refractivity contribution in [2.45, 2.75) is 26.2 Å². The Hall–Kier alpha value is -4.39. The van der Waals surface area contributed by atoms with Crippen LogP contribution in [0.4, 0.5) is 5.69 Å². The van der Waals surface area contributed by atoms with Gasteiger partial charge in [-0.15, -0.1) is 0 Å². The summed E-state index contributed by atoms with van der Waals surface area (Å²) < 4.78 is 5.93. The van der Waals surface area contributed by atoms with Gasteiger partial charge in [0, 0.05) is 36.8 Å². The van der Waals surface area contributed by atoms with Crippen LogP contribution in [0.15, 0.2) is 79.1 Å². The molecular weight excluding hydrogens is 440 g/mol. The lowest BCUT2D eigenvalue weighted by atomic mass is 9.87. The highest BCUT2D eigenvalue weighted by Gasteiger charge is 2.15. The van der Waals surface area contributed by atoms with E-state index < -0.39 is 0 Å². The first-order valence-corrected chi connectivity index (χ1v) is 11.3. The van der Waals surface area contributed by atoms with Gasteiger partial charge < -0.3 is 20.4 Å². The number of amides is 2. The molecule has 0 aliphatic rings. The van der Waals surface area contributed by atoms with Crippen molar-refractivity contribution in [2.24, 2.45) is 0 Å². The first-order chi connectivity index (χ1) is 16.7. The van der Waals surface area contributed by atoms with Gasteiger partial charge in [-0.1, -0.05) is 45.0 Å². The van der Waals surface area contributed by atoms with Gasteiger partial charge in [0.15, 0.2) is 0 Å². The van der Waals surface area contributed by atoms with E-state index in [4.69, 9.17) is 4.74 Å². The molecule has 4 rings (SSSR count). The Morgan fingerprint density at radius 3 is 2.34 bits per heavy atom. The third-order valence-electron chi connectivity index (χ3n) is 5.53. The summed E-state index contributed by atoms with van der Waals surface area (Å²) in [5, 5.41) is 5.48. The lowest BCUT2D eigenvalue weighted by molar-refractivity contribution is 0.0957. The van der Waals surface area contributed by atoms with Gasteiger partial charge in [-0.25, -0.2) is 0 Å². The first kappa shape index (κ1) is 23.8. The average Bonchev–Trinajstić information content (AvgIpc) is 3.34. The minimum Gasteiger partial charge on any atom is -0.457 e. The standard InChI is InChI=1S/C28H28N4O3/c1-28(2,3)20-8-10-21(11-9-20)32-27(34)24-15-19(17-31-24)18-6-5-7-22(14-18)35-23-12-13-30-25(16-23)26(33)29-4/h5-17,31H,1-4H3,(H,29,33)(H,32,34). The lowest BCUT2D eigenvalue weighted by Gasteiger charge is -2.19. The van der Waals surface area contributed by atoms with Crippen LogP contribution in [0.3, 0.4) is 0 Å². The molecule has 0 fully saturated rings. The number of hydrogen-bond donors (Lipinski definition) is 3. The van der Waals surface area contributed by atoms with E-state index >= 15 is 0 Å². The molecule has 0 aliphatic heterocycles. The fourth-order valence-electron chi connectivity index (χ4n) is 3.55. The van der Waals surface area contributed by atoms with Crippen LogP contribution in [0, 0.1) is 0 Å². The molecule has 0 spiro atoms. The molecule has 2 amide bonds. The quantitative estimate of drug-likeness (QED) is 0.334. The summed E-state index contributed by atoms with van der Waals surface area (Å²) >= 11 is 0. The number of pyridine rings is 1. The normalized spacial score (nSPS) is 11.1. The molecule has 0 radical (unpaired) electrons. The molecule has 0 bridgehead atoms. The van der Waals surface area contributed by atoms with Crippen molar-refractivity contribution in [3.63, 3.8) is 0 Å². The maximum absolute atomic E-state index is 12.8. The van der Waals surface area contributed by atoms with Gasteiger partial charge in [0.05, 0.1) is 0 Å². The van der Waals surface area contributed by atoms with E-state index in [9.17, 15) is 9.59 Å². The number of hydrogen-bond acceptors (Lipinski definition) is 4. The van der Waals surface area contributed by atoms with Crippen LogP contribution >= 0.6 is 0 Å². The maximum atomic E-state index is 12.8. The summed E-state index contributed by atoms with van der Waals surface area (Å²) in [6.07, 6.45) is 3.31. The number of carbonyl (C=O) groups excluding carboxylic acids is 2. The van der Waals surface area contributed by atoms with Crippen molar-refractivity contribution in [3.8, 4) is 22.6 Å². The van der Waals surface area contributed by atoms with Crippen molar-refractivity contribution in [3.05, 3.63) is 96.1 Å². The highest BCUT2D eigenvalue weighted by atomic mass is 16.5. The number of benzene rings is 2. The fourth-order valence-corrected chi connectivity index (χ4v) is 3.55. The highest BCUT2D eigenvalue weighted by Crippen LogP contribution is 2.28. The average molecular weight is 469 g/mol. The molecular formula is C28H28N4O3. The Kier molecular flexibility index (Phi) is 6.68. The van der Waals surface area contributed by atoms with Gasteiger partial charge in [-0.2, -0.15) is 0 Å². The monoisotopic (exact) mass is 468 g/mol. The van der Waals surface area contributed by atoms with Crippen molar-refractivity contribution in [1.29, 1.82) is 0 Å². The fraction of sp³-hybridized carbons (Fsp3) is 0.179. The van der Waals surface area contributed by atoms with Crippen LogP contribution in [0.1, 0.15) is 47.3 Å². The second kappa shape index (κ2) is 9.85. The maximum Gasteiger partial charge on any atom is 0.272 e. The second-order valence-corrected chi connectivity index (χ2v) is 9.17. The Bertz CT molecular complexity index is 1350. The van der Waals surface area contributed by atoms with Crippen molar-refractivity contribution >= 4 is 17.5 Å². The summed E-state index contributed by atoms with van der Waals surface area (Å²) in [5.41, 5.74) is 4.46. The van der Waals surface area contributed by atoms with E-state index in [2.05, 4.69) is 41.4 Å². The Labute approximate surface area is 204 Å². The molecule has 4 aromatic rings. The molecule has 7 nitrogen and oxygen atoms in total. The summed E-state index contributed by atoms with van der Waals surface area (Å²) in [4.78, 5) is 31.7. The van der Waals surface area contributed by atoms with Crippen LogP contribution in [0.25, 0.3) is 11.1 Å². The van der Waals surface area contributed by atoms with Gasteiger partial charge in [-0.05, 0) is 52.9 Å². The van der Waals surface area contributed by atoms with E-state index in [1.165, 1.54) is 11.8 Å². The molecule has 178 valence electrons. The predicted octanol–water partition coefficient (Wildman–Crippen LogP) is 5.78. The molecule has 35 heavy (non-hydrogen) atoms. The summed E-state index contributed by atoms with van der Waals surface area (Å²) in [5.74, 6) is 0.600. The van der Waals surface area contributed by atoms with E-state index in [-0.39, 0.29) is 22.9 Å². The van der Waals surface area contributed by atoms with Gasteiger partial charge in [0.2, 0.25) is 0 Å². The summed E-state index contributed by atoms with van der Waals surface area (Å²) in [7, 11) is 1.55. The number of nitrogens with zero attached hydrogens (tertiary/aromatic N) is 1. The minimum absolute atomic E-state index is 0.0545. The number of H-pyrrole nitrogens is 1. The molecule has 0 unspecified atom stereocenters. The minimum atomic E-state index is -0.285. The van der Waals surface area contributed by atoms with Crippen LogP contribution < -0.4 is 15.4 Å². The number of nitrogens with one attached hydrogen (secondary N) is 3. The van der Waals surface area contributed by atoms with E-state index in [1.807, 2.05) is 48.5 Å². The smallest absolute Gasteiger partial charge is 0.272 e. The van der Waals surface area contributed by atoms with Crippen molar-refractivity contribution < 1.29 is 14.3 Å². The van der Waals surface area contributed by atoms with E-state index in [0.717, 1.165) is 16.8 Å². The zero-order valence-corrected chi connectivity index (χ0v) is 20.2. The summed E-state index contributed by atoms with van der Waals surface area (Å²) in [6.45, 7) is 6.46. The van der Waals surface area contributed by atoms with Crippen LogP contribution in [0.2, 0.25) is 0 Å². The van der Waals surface area contributed by atoms with Crippen LogP contribution in [-0.4, -0.2) is 28.8 Å². The number of carbonyl (C=O) groups is 2. The molecule has 2 heterocycles. The Balaban J connectivity index is 1.46. The van der Waals surface area contributed by atoms with Gasteiger partial charge >= 0.3 is 0 Å². The number of rotatable bonds is 6. The zero-order valence-electron chi connectivity index (χ0n) is 20.2.